The Morgan fingerprint density at radius 2 is 2.23 bits per heavy atom. The fraction of sp³-hybridized carbons (Fsp3) is 0.444. The SMILES string of the molecule is Brc1cnc(CC2CNC2)c(Br)c1. The average Bonchev–Trinajstić information content (AvgIpc) is 1.99. The van der Waals surface area contributed by atoms with Crippen LogP contribution in [0.25, 0.3) is 0 Å². The van der Waals surface area contributed by atoms with Gasteiger partial charge in [-0.2, -0.15) is 0 Å². The van der Waals surface area contributed by atoms with Crippen LogP contribution in [-0.2, 0) is 6.42 Å². The molecule has 0 aromatic carbocycles. The molecule has 1 saturated heterocycles. The first-order chi connectivity index (χ1) is 6.25. The van der Waals surface area contributed by atoms with E-state index < -0.39 is 0 Å². The van der Waals surface area contributed by atoms with E-state index in [4.69, 9.17) is 0 Å². The first-order valence-corrected chi connectivity index (χ1v) is 5.85. The lowest BCUT2D eigenvalue weighted by molar-refractivity contribution is 0.343. The van der Waals surface area contributed by atoms with Crippen LogP contribution in [0.4, 0.5) is 0 Å². The van der Waals surface area contributed by atoms with Crippen molar-refractivity contribution in [2.24, 2.45) is 5.92 Å². The lowest BCUT2D eigenvalue weighted by Crippen LogP contribution is -2.43. The highest BCUT2D eigenvalue weighted by molar-refractivity contribution is 9.11. The third kappa shape index (κ3) is 2.30. The van der Waals surface area contributed by atoms with E-state index in [9.17, 15) is 0 Å². The molecule has 0 atom stereocenters. The third-order valence-corrected chi connectivity index (χ3v) is 3.35. The number of hydrogen-bond donors (Lipinski definition) is 1. The van der Waals surface area contributed by atoms with Crippen LogP contribution in [0.1, 0.15) is 5.69 Å². The fourth-order valence-electron chi connectivity index (χ4n) is 1.36. The first kappa shape index (κ1) is 9.62. The van der Waals surface area contributed by atoms with Gasteiger partial charge in [-0.1, -0.05) is 0 Å². The minimum atomic E-state index is 0.768. The number of nitrogens with zero attached hydrogens (tertiary/aromatic N) is 1. The predicted octanol–water partition coefficient (Wildman–Crippen LogP) is 2.37. The van der Waals surface area contributed by atoms with Gasteiger partial charge in [0.15, 0.2) is 0 Å². The van der Waals surface area contributed by atoms with Gasteiger partial charge in [0.25, 0.3) is 0 Å². The molecule has 0 radical (unpaired) electrons. The second-order valence-electron chi connectivity index (χ2n) is 3.31. The van der Waals surface area contributed by atoms with E-state index in [1.54, 1.807) is 0 Å². The van der Waals surface area contributed by atoms with Gasteiger partial charge < -0.3 is 5.32 Å². The van der Waals surface area contributed by atoms with E-state index in [1.165, 1.54) is 0 Å². The molecule has 1 N–H and O–H groups in total. The predicted molar refractivity (Wildman–Crippen MR) is 59.7 cm³/mol. The summed E-state index contributed by atoms with van der Waals surface area (Å²) in [6, 6.07) is 2.05. The van der Waals surface area contributed by atoms with E-state index >= 15 is 0 Å². The van der Waals surface area contributed by atoms with E-state index in [2.05, 4.69) is 48.2 Å². The zero-order valence-electron chi connectivity index (χ0n) is 7.06. The van der Waals surface area contributed by atoms with Crippen molar-refractivity contribution in [3.8, 4) is 0 Å². The highest BCUT2D eigenvalue weighted by Gasteiger charge is 2.18. The molecule has 1 fully saturated rings. The summed E-state index contributed by atoms with van der Waals surface area (Å²) in [6.45, 7) is 2.26. The van der Waals surface area contributed by atoms with E-state index in [0.29, 0.717) is 0 Å². The van der Waals surface area contributed by atoms with Gasteiger partial charge in [0, 0.05) is 15.1 Å². The van der Waals surface area contributed by atoms with Crippen LogP contribution in [0.2, 0.25) is 0 Å². The van der Waals surface area contributed by atoms with E-state index in [0.717, 1.165) is 40.1 Å². The summed E-state index contributed by atoms with van der Waals surface area (Å²) >= 11 is 6.90. The normalized spacial score (nSPS) is 17.1. The van der Waals surface area contributed by atoms with Crippen LogP contribution in [0, 0.1) is 5.92 Å². The second-order valence-corrected chi connectivity index (χ2v) is 5.08. The van der Waals surface area contributed by atoms with Crippen molar-refractivity contribution < 1.29 is 0 Å². The summed E-state index contributed by atoms with van der Waals surface area (Å²) in [7, 11) is 0. The van der Waals surface area contributed by atoms with Crippen molar-refractivity contribution in [1.82, 2.24) is 10.3 Å². The maximum Gasteiger partial charge on any atom is 0.0550 e. The first-order valence-electron chi connectivity index (χ1n) is 4.26. The Labute approximate surface area is 94.4 Å². The molecule has 0 saturated carbocycles. The molecule has 70 valence electrons. The smallest absolute Gasteiger partial charge is 0.0550 e. The summed E-state index contributed by atoms with van der Waals surface area (Å²) in [5, 5.41) is 3.26. The molecule has 0 spiro atoms. The molecule has 0 aliphatic carbocycles. The zero-order valence-corrected chi connectivity index (χ0v) is 10.2. The molecule has 2 nitrogen and oxygen atoms in total. The topological polar surface area (TPSA) is 24.9 Å². The van der Waals surface area contributed by atoms with Gasteiger partial charge in [0.05, 0.1) is 5.69 Å². The van der Waals surface area contributed by atoms with Crippen LogP contribution in [-0.4, -0.2) is 18.1 Å². The minimum Gasteiger partial charge on any atom is -0.316 e. The number of rotatable bonds is 2. The van der Waals surface area contributed by atoms with E-state index in [-0.39, 0.29) is 0 Å². The third-order valence-electron chi connectivity index (χ3n) is 2.23. The number of pyridine rings is 1. The van der Waals surface area contributed by atoms with Gasteiger partial charge in [0.2, 0.25) is 0 Å². The van der Waals surface area contributed by atoms with Gasteiger partial charge >= 0.3 is 0 Å². The molecular weight excluding hydrogens is 296 g/mol. The quantitative estimate of drug-likeness (QED) is 0.907. The Hall–Kier alpha value is 0.0700. The van der Waals surface area contributed by atoms with Crippen molar-refractivity contribution >= 4 is 31.9 Å². The molecule has 2 rings (SSSR count). The molecule has 0 unspecified atom stereocenters. The summed E-state index contributed by atoms with van der Waals surface area (Å²) in [5.41, 5.74) is 1.16. The standard InChI is InChI=1S/C9H10Br2N2/c10-7-2-8(11)9(13-5-7)1-6-3-12-4-6/h2,5-6,12H,1,3-4H2. The van der Waals surface area contributed by atoms with Gasteiger partial charge in [-0.3, -0.25) is 4.98 Å². The Bertz CT molecular complexity index is 310. The lowest BCUT2D eigenvalue weighted by atomic mass is 9.97. The molecule has 0 amide bonds. The van der Waals surface area contributed by atoms with Gasteiger partial charge in [-0.15, -0.1) is 0 Å². The maximum atomic E-state index is 4.38. The summed E-state index contributed by atoms with van der Waals surface area (Å²) < 4.78 is 2.13. The minimum absolute atomic E-state index is 0.768. The van der Waals surface area contributed by atoms with Crippen LogP contribution < -0.4 is 5.32 Å². The fourth-order valence-corrected chi connectivity index (χ4v) is 2.51. The molecule has 4 heteroatoms. The molecule has 1 aromatic heterocycles. The molecule has 13 heavy (non-hydrogen) atoms. The summed E-state index contributed by atoms with van der Waals surface area (Å²) in [4.78, 5) is 4.38. The number of aromatic nitrogens is 1. The van der Waals surface area contributed by atoms with Crippen molar-refractivity contribution in [2.75, 3.05) is 13.1 Å². The molecule has 1 aliphatic heterocycles. The highest BCUT2D eigenvalue weighted by Crippen LogP contribution is 2.22. The largest absolute Gasteiger partial charge is 0.316 e. The molecule has 1 aliphatic rings. The molecular formula is C9H10Br2N2. The highest BCUT2D eigenvalue weighted by atomic mass is 79.9. The Kier molecular flexibility index (Phi) is 3.01. The van der Waals surface area contributed by atoms with Crippen LogP contribution in [0.5, 0.6) is 0 Å². The van der Waals surface area contributed by atoms with Crippen LogP contribution >= 0.6 is 31.9 Å². The van der Waals surface area contributed by atoms with Gasteiger partial charge in [-0.25, -0.2) is 0 Å². The summed E-state index contributed by atoms with van der Waals surface area (Å²) in [6.07, 6.45) is 2.92. The van der Waals surface area contributed by atoms with Gasteiger partial charge in [0.1, 0.15) is 0 Å². The Morgan fingerprint density at radius 1 is 1.46 bits per heavy atom. The number of nitrogens with one attached hydrogen (secondary N) is 1. The van der Waals surface area contributed by atoms with Crippen molar-refractivity contribution in [2.45, 2.75) is 6.42 Å². The van der Waals surface area contributed by atoms with Crippen molar-refractivity contribution in [3.05, 3.63) is 26.9 Å². The molecule has 1 aromatic rings. The van der Waals surface area contributed by atoms with Crippen LogP contribution in [0.15, 0.2) is 21.2 Å². The van der Waals surface area contributed by atoms with Gasteiger partial charge in [-0.05, 0) is 63.4 Å². The zero-order chi connectivity index (χ0) is 9.26. The number of hydrogen-bond acceptors (Lipinski definition) is 2. The van der Waals surface area contributed by atoms with Crippen LogP contribution in [0.3, 0.4) is 0 Å². The monoisotopic (exact) mass is 304 g/mol. The number of halogens is 2. The Morgan fingerprint density at radius 3 is 2.77 bits per heavy atom. The van der Waals surface area contributed by atoms with Crippen molar-refractivity contribution in [1.29, 1.82) is 0 Å². The average molecular weight is 306 g/mol. The second kappa shape index (κ2) is 4.07. The molecule has 2 heterocycles. The lowest BCUT2D eigenvalue weighted by Gasteiger charge is -2.26. The maximum absolute atomic E-state index is 4.38. The van der Waals surface area contributed by atoms with E-state index in [1.807, 2.05) is 6.20 Å². The van der Waals surface area contributed by atoms with Crippen molar-refractivity contribution in [3.63, 3.8) is 0 Å². The Balaban J connectivity index is 2.10. The molecule has 0 bridgehead atoms. The summed E-state index contributed by atoms with van der Waals surface area (Å²) in [5.74, 6) is 0.768.